The van der Waals surface area contributed by atoms with Gasteiger partial charge in [0.2, 0.25) is 0 Å². The molecule has 0 aliphatic heterocycles. The summed E-state index contributed by atoms with van der Waals surface area (Å²) >= 11 is 0. The summed E-state index contributed by atoms with van der Waals surface area (Å²) in [5.41, 5.74) is 0. The van der Waals surface area contributed by atoms with Crippen LogP contribution in [0.2, 0.25) is 0 Å². The maximum absolute atomic E-state index is 10.6. The minimum atomic E-state index is -0.789. The molecule has 1 rings (SSSR count). The van der Waals surface area contributed by atoms with Crippen LogP contribution in [0.25, 0.3) is 0 Å². The van der Waals surface area contributed by atoms with E-state index in [1.54, 1.807) is 18.6 Å². The lowest BCUT2D eigenvalue weighted by atomic mass is 10.7. The van der Waals surface area contributed by atoms with Crippen molar-refractivity contribution in [1.82, 2.24) is 9.97 Å². The average molecular weight is 144 g/mol. The van der Waals surface area contributed by atoms with Crippen LogP contribution in [-0.4, -0.2) is 20.4 Å². The Balaban J connectivity index is 2.58. The molecule has 9 heavy (non-hydrogen) atoms. The third kappa shape index (κ3) is 1.97. The zero-order valence-corrected chi connectivity index (χ0v) is 5.94. The van der Waals surface area contributed by atoms with Gasteiger partial charge in [-0.15, -0.1) is 0 Å². The highest BCUT2D eigenvalue weighted by Crippen LogP contribution is 1.91. The van der Waals surface area contributed by atoms with Crippen LogP contribution in [-0.2, 0) is 16.6 Å². The highest BCUT2D eigenvalue weighted by Gasteiger charge is 1.94. The fourth-order valence-corrected chi connectivity index (χ4v) is 1.11. The molecule has 0 aromatic carbocycles. The lowest BCUT2D eigenvalue weighted by Crippen LogP contribution is -1.93. The summed E-state index contributed by atoms with van der Waals surface area (Å²) in [5.74, 6) is 1.31. The molecular weight excluding hydrogens is 136 g/mol. The van der Waals surface area contributed by atoms with Crippen LogP contribution in [0, 0.1) is 0 Å². The highest BCUT2D eigenvalue weighted by atomic mass is 32.2. The van der Waals surface area contributed by atoms with E-state index in [9.17, 15) is 4.21 Å². The van der Waals surface area contributed by atoms with E-state index >= 15 is 0 Å². The van der Waals surface area contributed by atoms with E-state index in [1.807, 2.05) is 0 Å². The van der Waals surface area contributed by atoms with Gasteiger partial charge in [-0.2, -0.15) is 0 Å². The Kier molecular flexibility index (Phi) is 2.00. The number of rotatable bonds is 2. The molecule has 0 aliphatic rings. The van der Waals surface area contributed by atoms with Crippen LogP contribution in [0.1, 0.15) is 5.82 Å². The van der Waals surface area contributed by atoms with Gasteiger partial charge in [0, 0.05) is 29.4 Å². The van der Waals surface area contributed by atoms with Crippen LogP contribution < -0.4 is 0 Å². The summed E-state index contributed by atoms with van der Waals surface area (Å²) in [6, 6.07) is 0. The summed E-state index contributed by atoms with van der Waals surface area (Å²) in [4.78, 5) is 6.77. The first-order valence-corrected chi connectivity index (χ1v) is 4.30. The van der Waals surface area contributed by atoms with Crippen molar-refractivity contribution in [3.05, 3.63) is 18.2 Å². The van der Waals surface area contributed by atoms with E-state index in [0.717, 1.165) is 5.82 Å². The smallest absolute Gasteiger partial charge is 0.118 e. The minimum Gasteiger partial charge on any atom is -0.348 e. The zero-order chi connectivity index (χ0) is 6.69. The highest BCUT2D eigenvalue weighted by molar-refractivity contribution is 7.83. The Hall–Kier alpha value is -0.640. The molecular formula is C5H8N2OS. The third-order valence-corrected chi connectivity index (χ3v) is 1.57. The maximum Gasteiger partial charge on any atom is 0.118 e. The van der Waals surface area contributed by atoms with E-state index in [0.29, 0.717) is 5.75 Å². The summed E-state index contributed by atoms with van der Waals surface area (Å²) in [7, 11) is -0.789. The summed E-state index contributed by atoms with van der Waals surface area (Å²) < 4.78 is 10.6. The van der Waals surface area contributed by atoms with Crippen LogP contribution in [0.15, 0.2) is 12.4 Å². The Morgan fingerprint density at radius 3 is 3.11 bits per heavy atom. The Morgan fingerprint density at radius 1 is 1.89 bits per heavy atom. The van der Waals surface area contributed by atoms with Crippen molar-refractivity contribution >= 4 is 10.8 Å². The molecule has 0 saturated heterocycles. The number of aromatic nitrogens is 2. The Labute approximate surface area is 56.0 Å². The third-order valence-electron chi connectivity index (χ3n) is 0.895. The second-order valence-electron chi connectivity index (χ2n) is 1.75. The number of aromatic amines is 1. The predicted molar refractivity (Wildman–Crippen MR) is 36.4 cm³/mol. The Bertz CT molecular complexity index is 195. The van der Waals surface area contributed by atoms with Gasteiger partial charge >= 0.3 is 0 Å². The molecule has 0 spiro atoms. The predicted octanol–water partition coefficient (Wildman–Crippen LogP) is 0.288. The molecule has 0 saturated carbocycles. The van der Waals surface area contributed by atoms with Gasteiger partial charge in [0.05, 0.1) is 5.75 Å². The van der Waals surface area contributed by atoms with Crippen molar-refractivity contribution < 1.29 is 4.21 Å². The van der Waals surface area contributed by atoms with Crippen molar-refractivity contribution in [2.45, 2.75) is 5.75 Å². The number of hydrogen-bond donors (Lipinski definition) is 1. The van der Waals surface area contributed by atoms with E-state index in [4.69, 9.17) is 0 Å². The number of H-pyrrole nitrogens is 1. The largest absolute Gasteiger partial charge is 0.348 e. The van der Waals surface area contributed by atoms with Crippen molar-refractivity contribution in [1.29, 1.82) is 0 Å². The second-order valence-corrected chi connectivity index (χ2v) is 3.19. The first kappa shape index (κ1) is 6.48. The molecule has 50 valence electrons. The normalized spacial score (nSPS) is 13.4. The van der Waals surface area contributed by atoms with Gasteiger partial charge in [0.1, 0.15) is 5.82 Å². The van der Waals surface area contributed by atoms with Crippen LogP contribution >= 0.6 is 0 Å². The minimum absolute atomic E-state index is 0.521. The molecule has 1 unspecified atom stereocenters. The van der Waals surface area contributed by atoms with E-state index < -0.39 is 10.8 Å². The monoisotopic (exact) mass is 144 g/mol. The standard InChI is InChI=1S/C5H8N2OS/c1-9(8)4-5-6-2-3-7-5/h2-3H,4H2,1H3,(H,6,7). The van der Waals surface area contributed by atoms with Crippen molar-refractivity contribution in [3.8, 4) is 0 Å². The number of imidazole rings is 1. The summed E-state index contributed by atoms with van der Waals surface area (Å²) in [5, 5.41) is 0. The Morgan fingerprint density at radius 2 is 2.67 bits per heavy atom. The fraction of sp³-hybridized carbons (Fsp3) is 0.400. The average Bonchev–Trinajstić information content (AvgIpc) is 2.15. The van der Waals surface area contributed by atoms with Crippen molar-refractivity contribution in [3.63, 3.8) is 0 Å². The lowest BCUT2D eigenvalue weighted by Gasteiger charge is -1.87. The van der Waals surface area contributed by atoms with E-state index in [-0.39, 0.29) is 0 Å². The molecule has 0 fully saturated rings. The van der Waals surface area contributed by atoms with Gasteiger partial charge in [0.15, 0.2) is 0 Å². The van der Waals surface area contributed by atoms with Gasteiger partial charge < -0.3 is 4.98 Å². The van der Waals surface area contributed by atoms with Crippen molar-refractivity contribution in [2.24, 2.45) is 0 Å². The van der Waals surface area contributed by atoms with E-state index in [1.165, 1.54) is 0 Å². The molecule has 0 bridgehead atoms. The fourth-order valence-electron chi connectivity index (χ4n) is 0.569. The van der Waals surface area contributed by atoms with Gasteiger partial charge in [-0.1, -0.05) is 0 Å². The van der Waals surface area contributed by atoms with E-state index in [2.05, 4.69) is 9.97 Å². The number of nitrogens with one attached hydrogen (secondary N) is 1. The summed E-state index contributed by atoms with van der Waals surface area (Å²) in [6.07, 6.45) is 5.03. The number of nitrogens with zero attached hydrogens (tertiary/aromatic N) is 1. The molecule has 1 aromatic rings. The molecule has 0 amide bonds. The topological polar surface area (TPSA) is 45.8 Å². The molecule has 1 heterocycles. The SMILES string of the molecule is CS(=O)Cc1ncc[nH]1. The van der Waals surface area contributed by atoms with Gasteiger partial charge in [0.25, 0.3) is 0 Å². The quantitative estimate of drug-likeness (QED) is 0.648. The van der Waals surface area contributed by atoms with Crippen molar-refractivity contribution in [2.75, 3.05) is 6.26 Å². The van der Waals surface area contributed by atoms with Crippen LogP contribution in [0.3, 0.4) is 0 Å². The zero-order valence-electron chi connectivity index (χ0n) is 5.13. The second kappa shape index (κ2) is 2.77. The van der Waals surface area contributed by atoms with Gasteiger partial charge in [-0.05, 0) is 0 Å². The first-order chi connectivity index (χ1) is 4.29. The molecule has 0 radical (unpaired) electrons. The molecule has 4 heteroatoms. The lowest BCUT2D eigenvalue weighted by molar-refractivity contribution is 0.685. The van der Waals surface area contributed by atoms with Crippen LogP contribution in [0.5, 0.6) is 0 Å². The first-order valence-electron chi connectivity index (χ1n) is 2.57. The molecule has 1 atom stereocenters. The van der Waals surface area contributed by atoms with Crippen LogP contribution in [0.4, 0.5) is 0 Å². The molecule has 1 N–H and O–H groups in total. The molecule has 3 nitrogen and oxygen atoms in total. The molecule has 0 aliphatic carbocycles. The number of hydrogen-bond acceptors (Lipinski definition) is 2. The van der Waals surface area contributed by atoms with Gasteiger partial charge in [-0.25, -0.2) is 4.98 Å². The molecule has 1 aromatic heterocycles. The van der Waals surface area contributed by atoms with Gasteiger partial charge in [-0.3, -0.25) is 4.21 Å². The maximum atomic E-state index is 10.6. The summed E-state index contributed by atoms with van der Waals surface area (Å²) in [6.45, 7) is 0.